The first-order valence-corrected chi connectivity index (χ1v) is 6.31. The van der Waals surface area contributed by atoms with Crippen LogP contribution in [0.2, 0.25) is 0 Å². The van der Waals surface area contributed by atoms with Crippen LogP contribution >= 0.6 is 22.6 Å². The third kappa shape index (κ3) is 2.23. The van der Waals surface area contributed by atoms with Gasteiger partial charge in [-0.15, -0.1) is 0 Å². The predicted octanol–water partition coefficient (Wildman–Crippen LogP) is 4.69. The third-order valence-corrected chi connectivity index (χ3v) is 3.89. The van der Waals surface area contributed by atoms with E-state index in [0.29, 0.717) is 3.92 Å². The summed E-state index contributed by atoms with van der Waals surface area (Å²) in [5, 5.41) is 0. The topological polar surface area (TPSA) is 0 Å². The summed E-state index contributed by atoms with van der Waals surface area (Å²) in [5.74, 6) is 0. The molecule has 0 saturated heterocycles. The first kappa shape index (κ1) is 10.7. The number of hydrogen-bond donors (Lipinski definition) is 0. The number of allylic oxidation sites excluding steroid dienone is 5. The summed E-state index contributed by atoms with van der Waals surface area (Å²) in [6, 6.07) is 8.58. The van der Waals surface area contributed by atoms with E-state index in [2.05, 4.69) is 77.2 Å². The van der Waals surface area contributed by atoms with Crippen molar-refractivity contribution in [2.45, 2.75) is 10.8 Å². The van der Waals surface area contributed by atoms with Gasteiger partial charge in [-0.3, -0.25) is 0 Å². The Morgan fingerprint density at radius 1 is 1.20 bits per heavy atom. The SMILES string of the molecule is C/C=C\C=C1\C=Cc2ccccc2C1I. The van der Waals surface area contributed by atoms with Gasteiger partial charge in [0.25, 0.3) is 0 Å². The minimum atomic E-state index is 0.472. The second-order valence-corrected chi connectivity index (χ2v) is 4.76. The summed E-state index contributed by atoms with van der Waals surface area (Å²) in [6.07, 6.45) is 10.7. The average molecular weight is 308 g/mol. The van der Waals surface area contributed by atoms with E-state index in [1.165, 1.54) is 16.7 Å². The van der Waals surface area contributed by atoms with E-state index in [1.807, 2.05) is 6.92 Å². The summed E-state index contributed by atoms with van der Waals surface area (Å²) < 4.78 is 0.472. The second kappa shape index (κ2) is 4.79. The fraction of sp³-hybridized carbons (Fsp3) is 0.143. The molecule has 0 heterocycles. The van der Waals surface area contributed by atoms with E-state index >= 15 is 0 Å². The molecule has 76 valence electrons. The largest absolute Gasteiger partial charge is 0.0877 e. The number of fused-ring (bicyclic) bond motifs is 1. The molecule has 1 unspecified atom stereocenters. The Balaban J connectivity index is 2.41. The normalized spacial score (nSPS) is 22.3. The van der Waals surface area contributed by atoms with Crippen LogP contribution in [0.3, 0.4) is 0 Å². The first-order chi connectivity index (χ1) is 7.33. The highest BCUT2D eigenvalue weighted by atomic mass is 127. The molecule has 2 rings (SSSR count). The average Bonchev–Trinajstić information content (AvgIpc) is 2.29. The Morgan fingerprint density at radius 3 is 2.80 bits per heavy atom. The van der Waals surface area contributed by atoms with E-state index < -0.39 is 0 Å². The number of alkyl halides is 1. The van der Waals surface area contributed by atoms with Crippen molar-refractivity contribution in [1.82, 2.24) is 0 Å². The Kier molecular flexibility index (Phi) is 3.41. The zero-order valence-corrected chi connectivity index (χ0v) is 10.8. The lowest BCUT2D eigenvalue weighted by Crippen LogP contribution is -1.99. The molecule has 0 aliphatic heterocycles. The highest BCUT2D eigenvalue weighted by Gasteiger charge is 2.16. The molecule has 0 amide bonds. The van der Waals surface area contributed by atoms with Gasteiger partial charge in [0, 0.05) is 0 Å². The van der Waals surface area contributed by atoms with Crippen molar-refractivity contribution in [2.75, 3.05) is 0 Å². The van der Waals surface area contributed by atoms with E-state index in [1.54, 1.807) is 0 Å². The Morgan fingerprint density at radius 2 is 2.00 bits per heavy atom. The summed E-state index contributed by atoms with van der Waals surface area (Å²) in [7, 11) is 0. The van der Waals surface area contributed by atoms with Crippen LogP contribution in [0.4, 0.5) is 0 Å². The van der Waals surface area contributed by atoms with Crippen molar-refractivity contribution in [1.29, 1.82) is 0 Å². The molecule has 1 atom stereocenters. The zero-order valence-electron chi connectivity index (χ0n) is 8.65. The van der Waals surface area contributed by atoms with E-state index in [9.17, 15) is 0 Å². The maximum Gasteiger partial charge on any atom is 0.0614 e. The first-order valence-electron chi connectivity index (χ1n) is 5.07. The van der Waals surface area contributed by atoms with Crippen LogP contribution in [0.25, 0.3) is 6.08 Å². The summed E-state index contributed by atoms with van der Waals surface area (Å²) >= 11 is 2.50. The predicted molar refractivity (Wildman–Crippen MR) is 75.1 cm³/mol. The van der Waals surface area contributed by atoms with Crippen molar-refractivity contribution >= 4 is 28.7 Å². The summed E-state index contributed by atoms with van der Waals surface area (Å²) in [4.78, 5) is 0. The Bertz CT molecular complexity index is 438. The molecule has 0 aromatic heterocycles. The fourth-order valence-corrected chi connectivity index (χ4v) is 2.67. The molecule has 0 bridgehead atoms. The zero-order chi connectivity index (χ0) is 10.7. The fourth-order valence-electron chi connectivity index (χ4n) is 1.69. The highest BCUT2D eigenvalue weighted by molar-refractivity contribution is 14.1. The van der Waals surface area contributed by atoms with Crippen molar-refractivity contribution in [3.63, 3.8) is 0 Å². The van der Waals surface area contributed by atoms with Crippen LogP contribution in [-0.2, 0) is 0 Å². The monoisotopic (exact) mass is 308 g/mol. The van der Waals surface area contributed by atoms with Gasteiger partial charge in [0.1, 0.15) is 0 Å². The van der Waals surface area contributed by atoms with Crippen LogP contribution in [0.15, 0.2) is 54.1 Å². The lowest BCUT2D eigenvalue weighted by molar-refractivity contribution is 1.18. The molecular weight excluding hydrogens is 295 g/mol. The van der Waals surface area contributed by atoms with Crippen molar-refractivity contribution in [2.24, 2.45) is 0 Å². The lowest BCUT2D eigenvalue weighted by atomic mass is 9.93. The second-order valence-electron chi connectivity index (χ2n) is 3.52. The number of rotatable bonds is 1. The smallest absolute Gasteiger partial charge is 0.0614 e. The van der Waals surface area contributed by atoms with Crippen molar-refractivity contribution in [3.8, 4) is 0 Å². The molecule has 1 aromatic carbocycles. The molecule has 1 heteroatoms. The number of hydrogen-bond acceptors (Lipinski definition) is 0. The van der Waals surface area contributed by atoms with Crippen LogP contribution in [0, 0.1) is 0 Å². The van der Waals surface area contributed by atoms with Gasteiger partial charge < -0.3 is 0 Å². The maximum atomic E-state index is 2.50. The van der Waals surface area contributed by atoms with Gasteiger partial charge in [-0.1, -0.05) is 77.2 Å². The lowest BCUT2D eigenvalue weighted by Gasteiger charge is -2.18. The van der Waals surface area contributed by atoms with Gasteiger partial charge in [-0.2, -0.15) is 0 Å². The van der Waals surface area contributed by atoms with Crippen molar-refractivity contribution < 1.29 is 0 Å². The molecular formula is C14H13I. The van der Waals surface area contributed by atoms with Gasteiger partial charge in [0.05, 0.1) is 3.92 Å². The van der Waals surface area contributed by atoms with Gasteiger partial charge in [-0.05, 0) is 23.6 Å². The molecule has 0 spiro atoms. The molecule has 1 aliphatic carbocycles. The van der Waals surface area contributed by atoms with E-state index in [0.717, 1.165) is 0 Å². The van der Waals surface area contributed by atoms with Gasteiger partial charge in [0.2, 0.25) is 0 Å². The highest BCUT2D eigenvalue weighted by Crippen LogP contribution is 2.38. The van der Waals surface area contributed by atoms with E-state index in [-0.39, 0.29) is 0 Å². The van der Waals surface area contributed by atoms with Gasteiger partial charge >= 0.3 is 0 Å². The molecule has 0 saturated carbocycles. The third-order valence-electron chi connectivity index (χ3n) is 2.50. The van der Waals surface area contributed by atoms with Crippen LogP contribution in [-0.4, -0.2) is 0 Å². The van der Waals surface area contributed by atoms with E-state index in [4.69, 9.17) is 0 Å². The van der Waals surface area contributed by atoms with Crippen LogP contribution in [0.1, 0.15) is 22.0 Å². The molecule has 0 radical (unpaired) electrons. The Hall–Kier alpha value is -0.830. The number of benzene rings is 1. The van der Waals surface area contributed by atoms with Gasteiger partial charge in [-0.25, -0.2) is 0 Å². The van der Waals surface area contributed by atoms with Crippen LogP contribution < -0.4 is 0 Å². The molecule has 0 fully saturated rings. The summed E-state index contributed by atoms with van der Waals surface area (Å²) in [5.41, 5.74) is 4.12. The molecule has 0 N–H and O–H groups in total. The Labute approximate surface area is 105 Å². The summed E-state index contributed by atoms with van der Waals surface area (Å²) in [6.45, 7) is 2.04. The maximum absolute atomic E-state index is 2.50. The molecule has 15 heavy (non-hydrogen) atoms. The minimum absolute atomic E-state index is 0.472. The number of halogens is 1. The molecule has 0 nitrogen and oxygen atoms in total. The van der Waals surface area contributed by atoms with Crippen molar-refractivity contribution in [3.05, 3.63) is 65.3 Å². The minimum Gasteiger partial charge on any atom is -0.0877 e. The standard InChI is InChI=1S/C14H13I/c1-2-3-6-12-10-9-11-7-4-5-8-13(11)14(12)15/h2-10,14H,1H3/b3-2-,12-6-. The van der Waals surface area contributed by atoms with Crippen LogP contribution in [0.5, 0.6) is 0 Å². The van der Waals surface area contributed by atoms with Gasteiger partial charge in [0.15, 0.2) is 0 Å². The molecule has 1 aliphatic rings. The molecule has 1 aromatic rings. The quantitative estimate of drug-likeness (QED) is 0.521.